The van der Waals surface area contributed by atoms with Crippen LogP contribution >= 0.6 is 0 Å². The molecule has 134 valence electrons. The number of urea groups is 1. The van der Waals surface area contributed by atoms with Crippen LogP contribution in [0, 0.1) is 5.92 Å². The predicted octanol–water partition coefficient (Wildman–Crippen LogP) is 2.89. The van der Waals surface area contributed by atoms with Crippen molar-refractivity contribution in [3.8, 4) is 0 Å². The summed E-state index contributed by atoms with van der Waals surface area (Å²) in [5, 5.41) is 3.25. The molecule has 0 aromatic carbocycles. The van der Waals surface area contributed by atoms with Crippen LogP contribution in [0.1, 0.15) is 70.6 Å². The summed E-state index contributed by atoms with van der Waals surface area (Å²) in [5.41, 5.74) is 0. The third kappa shape index (κ3) is 3.40. The third-order valence-electron chi connectivity index (χ3n) is 6.42. The predicted molar refractivity (Wildman–Crippen MR) is 92.6 cm³/mol. The highest BCUT2D eigenvalue weighted by molar-refractivity contribution is 5.80. The van der Waals surface area contributed by atoms with Gasteiger partial charge in [-0.05, 0) is 44.9 Å². The molecule has 4 fully saturated rings. The summed E-state index contributed by atoms with van der Waals surface area (Å²) in [6, 6.07) is 1.20. The lowest BCUT2D eigenvalue weighted by molar-refractivity contribution is -0.134. The molecule has 4 rings (SSSR count). The summed E-state index contributed by atoms with van der Waals surface area (Å²) in [5.74, 6) is 0.583. The topological polar surface area (TPSA) is 52.7 Å². The van der Waals surface area contributed by atoms with Gasteiger partial charge in [-0.15, -0.1) is 0 Å². The molecule has 4 aliphatic rings. The summed E-state index contributed by atoms with van der Waals surface area (Å²) in [4.78, 5) is 29.5. The van der Waals surface area contributed by atoms with Gasteiger partial charge in [-0.3, -0.25) is 4.79 Å². The van der Waals surface area contributed by atoms with Crippen molar-refractivity contribution in [1.82, 2.24) is 15.1 Å². The van der Waals surface area contributed by atoms with Gasteiger partial charge in [0.1, 0.15) is 0 Å². The molecule has 0 radical (unpaired) electrons. The summed E-state index contributed by atoms with van der Waals surface area (Å²) < 4.78 is 0. The van der Waals surface area contributed by atoms with E-state index in [2.05, 4.69) is 10.2 Å². The summed E-state index contributed by atoms with van der Waals surface area (Å²) >= 11 is 0. The van der Waals surface area contributed by atoms with E-state index in [0.717, 1.165) is 25.8 Å². The maximum atomic E-state index is 12.8. The first kappa shape index (κ1) is 16.2. The van der Waals surface area contributed by atoms with Crippen LogP contribution in [0.5, 0.6) is 0 Å². The van der Waals surface area contributed by atoms with Crippen LogP contribution in [-0.4, -0.2) is 53.0 Å². The molecule has 0 bridgehead atoms. The van der Waals surface area contributed by atoms with Gasteiger partial charge >= 0.3 is 6.03 Å². The zero-order chi connectivity index (χ0) is 16.5. The lowest BCUT2D eigenvalue weighted by Gasteiger charge is -2.30. The average Bonchev–Trinajstić information content (AvgIpc) is 3.06. The molecule has 1 unspecified atom stereocenters. The van der Waals surface area contributed by atoms with E-state index in [1.807, 2.05) is 4.90 Å². The Balaban J connectivity index is 1.30. The van der Waals surface area contributed by atoms with Crippen LogP contribution in [-0.2, 0) is 4.79 Å². The number of hydrogen-bond acceptors (Lipinski definition) is 2. The molecule has 0 aromatic rings. The van der Waals surface area contributed by atoms with Crippen molar-refractivity contribution in [3.63, 3.8) is 0 Å². The van der Waals surface area contributed by atoms with E-state index in [-0.39, 0.29) is 18.0 Å². The fourth-order valence-corrected chi connectivity index (χ4v) is 4.92. The van der Waals surface area contributed by atoms with Gasteiger partial charge in [0, 0.05) is 37.1 Å². The highest BCUT2D eigenvalue weighted by atomic mass is 16.2. The van der Waals surface area contributed by atoms with Crippen molar-refractivity contribution in [3.05, 3.63) is 0 Å². The molecule has 1 aliphatic heterocycles. The van der Waals surface area contributed by atoms with Gasteiger partial charge in [0.05, 0.1) is 0 Å². The Hall–Kier alpha value is -1.26. The van der Waals surface area contributed by atoms with E-state index in [1.165, 1.54) is 51.4 Å². The monoisotopic (exact) mass is 333 g/mol. The normalized spacial score (nSPS) is 28.5. The van der Waals surface area contributed by atoms with E-state index in [9.17, 15) is 9.59 Å². The van der Waals surface area contributed by atoms with Crippen molar-refractivity contribution in [1.29, 1.82) is 0 Å². The maximum absolute atomic E-state index is 12.8. The highest BCUT2D eigenvalue weighted by Gasteiger charge is 2.40. The minimum atomic E-state index is 0.129. The second kappa shape index (κ2) is 6.93. The lowest BCUT2D eigenvalue weighted by atomic mass is 10.1. The van der Waals surface area contributed by atoms with Crippen molar-refractivity contribution in [2.45, 2.75) is 88.8 Å². The van der Waals surface area contributed by atoms with Crippen LogP contribution in [0.15, 0.2) is 0 Å². The van der Waals surface area contributed by atoms with Crippen LogP contribution < -0.4 is 5.32 Å². The first-order valence-electron chi connectivity index (χ1n) is 10.1. The standard InChI is InChI=1S/C19H31N3O2/c23-18(14-5-1-2-6-14)21-12-11-15(13-21)20-19(24)22(17-9-10-17)16-7-3-4-8-16/h14-17H,1-13H2,(H,20,24). The Kier molecular flexibility index (Phi) is 4.68. The van der Waals surface area contributed by atoms with Crippen LogP contribution in [0.3, 0.4) is 0 Å². The summed E-state index contributed by atoms with van der Waals surface area (Å²) in [7, 11) is 0. The number of likely N-dealkylation sites (tertiary alicyclic amines) is 1. The zero-order valence-electron chi connectivity index (χ0n) is 14.7. The van der Waals surface area contributed by atoms with E-state index in [1.54, 1.807) is 0 Å². The van der Waals surface area contributed by atoms with E-state index in [4.69, 9.17) is 0 Å². The zero-order valence-corrected chi connectivity index (χ0v) is 14.7. The number of hydrogen-bond donors (Lipinski definition) is 1. The quantitative estimate of drug-likeness (QED) is 0.860. The average molecular weight is 333 g/mol. The van der Waals surface area contributed by atoms with Gasteiger partial charge in [0.25, 0.3) is 0 Å². The summed E-state index contributed by atoms with van der Waals surface area (Å²) in [6.45, 7) is 1.53. The Morgan fingerprint density at radius 3 is 2.12 bits per heavy atom. The molecule has 0 aromatic heterocycles. The van der Waals surface area contributed by atoms with E-state index < -0.39 is 0 Å². The SMILES string of the molecule is O=C(C1CCCC1)N1CCC(NC(=O)N(C2CCCC2)C2CC2)C1. The Morgan fingerprint density at radius 2 is 1.46 bits per heavy atom. The highest BCUT2D eigenvalue weighted by Crippen LogP contribution is 2.34. The minimum absolute atomic E-state index is 0.129. The fourth-order valence-electron chi connectivity index (χ4n) is 4.92. The van der Waals surface area contributed by atoms with Crippen molar-refractivity contribution in [2.75, 3.05) is 13.1 Å². The molecule has 5 heteroatoms. The van der Waals surface area contributed by atoms with Gasteiger partial charge in [0.15, 0.2) is 0 Å². The third-order valence-corrected chi connectivity index (χ3v) is 6.42. The Morgan fingerprint density at radius 1 is 0.833 bits per heavy atom. The van der Waals surface area contributed by atoms with Crippen molar-refractivity contribution >= 4 is 11.9 Å². The second-order valence-corrected chi connectivity index (χ2v) is 8.28. The molecule has 24 heavy (non-hydrogen) atoms. The molecule has 1 N–H and O–H groups in total. The molecule has 1 saturated heterocycles. The largest absolute Gasteiger partial charge is 0.340 e. The number of rotatable bonds is 4. The Labute approximate surface area is 145 Å². The molecule has 3 saturated carbocycles. The number of nitrogens with zero attached hydrogens (tertiary/aromatic N) is 2. The molecular formula is C19H31N3O2. The summed E-state index contributed by atoms with van der Waals surface area (Å²) in [6.07, 6.45) is 12.6. The first-order valence-corrected chi connectivity index (χ1v) is 10.1. The van der Waals surface area contributed by atoms with Crippen LogP contribution in [0.2, 0.25) is 0 Å². The van der Waals surface area contributed by atoms with Crippen LogP contribution in [0.25, 0.3) is 0 Å². The number of carbonyl (C=O) groups excluding carboxylic acids is 2. The number of nitrogens with one attached hydrogen (secondary N) is 1. The van der Waals surface area contributed by atoms with Gasteiger partial charge in [0.2, 0.25) is 5.91 Å². The van der Waals surface area contributed by atoms with Crippen molar-refractivity contribution < 1.29 is 9.59 Å². The minimum Gasteiger partial charge on any atom is -0.340 e. The molecule has 1 atom stereocenters. The molecule has 3 aliphatic carbocycles. The molecule has 1 heterocycles. The number of amides is 3. The molecule has 5 nitrogen and oxygen atoms in total. The maximum Gasteiger partial charge on any atom is 0.318 e. The lowest BCUT2D eigenvalue weighted by Crippen LogP contribution is -2.50. The molecular weight excluding hydrogens is 302 g/mol. The second-order valence-electron chi connectivity index (χ2n) is 8.28. The van der Waals surface area contributed by atoms with E-state index in [0.29, 0.717) is 24.5 Å². The van der Waals surface area contributed by atoms with Crippen LogP contribution in [0.4, 0.5) is 4.79 Å². The van der Waals surface area contributed by atoms with Gasteiger partial charge < -0.3 is 15.1 Å². The number of carbonyl (C=O) groups is 2. The van der Waals surface area contributed by atoms with Gasteiger partial charge in [-0.1, -0.05) is 25.7 Å². The fraction of sp³-hybridized carbons (Fsp3) is 0.895. The van der Waals surface area contributed by atoms with Gasteiger partial charge in [-0.2, -0.15) is 0 Å². The molecule has 0 spiro atoms. The molecule has 3 amide bonds. The van der Waals surface area contributed by atoms with Crippen molar-refractivity contribution in [2.24, 2.45) is 5.92 Å². The van der Waals surface area contributed by atoms with Gasteiger partial charge in [-0.25, -0.2) is 4.79 Å². The smallest absolute Gasteiger partial charge is 0.318 e. The van der Waals surface area contributed by atoms with E-state index >= 15 is 0 Å². The Bertz CT molecular complexity index is 479. The first-order chi connectivity index (χ1) is 11.7.